The van der Waals surface area contributed by atoms with E-state index in [0.29, 0.717) is 24.7 Å². The zero-order valence-corrected chi connectivity index (χ0v) is 9.57. The third kappa shape index (κ3) is 2.71. The molecule has 2 aliphatic rings. The fraction of sp³-hybridized carbons (Fsp3) is 0.917. The van der Waals surface area contributed by atoms with E-state index in [1.807, 2.05) is 0 Å². The summed E-state index contributed by atoms with van der Waals surface area (Å²) in [5.41, 5.74) is 0. The zero-order valence-electron chi connectivity index (χ0n) is 9.57. The van der Waals surface area contributed by atoms with Gasteiger partial charge in [-0.1, -0.05) is 20.3 Å². The maximum atomic E-state index is 11.7. The maximum absolute atomic E-state index is 11.7. The van der Waals surface area contributed by atoms with Gasteiger partial charge in [0.25, 0.3) is 0 Å². The van der Waals surface area contributed by atoms with Crippen LogP contribution in [-0.4, -0.2) is 24.8 Å². The molecule has 0 aromatic rings. The summed E-state index contributed by atoms with van der Waals surface area (Å²) in [4.78, 5) is 11.7. The molecule has 1 aliphatic heterocycles. The fourth-order valence-electron chi connectivity index (χ4n) is 2.08. The summed E-state index contributed by atoms with van der Waals surface area (Å²) in [6, 6.07) is 0. The van der Waals surface area contributed by atoms with Crippen molar-refractivity contribution >= 4 is 5.97 Å². The Kier molecular flexibility index (Phi) is 3.29. The molecular formula is C12H20O3. The molecule has 2 rings (SSSR count). The van der Waals surface area contributed by atoms with Crippen LogP contribution in [0.15, 0.2) is 0 Å². The highest BCUT2D eigenvalue weighted by Gasteiger charge is 2.46. The molecule has 0 spiro atoms. The van der Waals surface area contributed by atoms with E-state index in [1.165, 1.54) is 0 Å². The summed E-state index contributed by atoms with van der Waals surface area (Å²) in [6.45, 7) is 4.79. The van der Waals surface area contributed by atoms with Gasteiger partial charge in [-0.2, -0.15) is 0 Å². The molecular weight excluding hydrogens is 192 g/mol. The van der Waals surface area contributed by atoms with E-state index in [0.717, 1.165) is 25.7 Å². The van der Waals surface area contributed by atoms with Gasteiger partial charge in [0, 0.05) is 0 Å². The van der Waals surface area contributed by atoms with Crippen LogP contribution in [0.2, 0.25) is 0 Å². The summed E-state index contributed by atoms with van der Waals surface area (Å²) in [6.07, 6.45) is 4.74. The van der Waals surface area contributed by atoms with Crippen LogP contribution in [0.3, 0.4) is 0 Å². The molecule has 2 fully saturated rings. The van der Waals surface area contributed by atoms with Gasteiger partial charge in [-0.3, -0.25) is 4.79 Å². The second kappa shape index (κ2) is 4.52. The molecule has 1 heterocycles. The second-order valence-corrected chi connectivity index (χ2v) is 4.87. The van der Waals surface area contributed by atoms with E-state index < -0.39 is 0 Å². The smallest absolute Gasteiger partial charge is 0.309 e. The van der Waals surface area contributed by atoms with Gasteiger partial charge in [-0.25, -0.2) is 0 Å². The molecule has 1 aliphatic carbocycles. The number of fused-ring (bicyclic) bond motifs is 1. The summed E-state index contributed by atoms with van der Waals surface area (Å²) >= 11 is 0. The van der Waals surface area contributed by atoms with Crippen molar-refractivity contribution < 1.29 is 14.3 Å². The first kappa shape index (κ1) is 10.9. The number of hydrogen-bond donors (Lipinski definition) is 0. The molecule has 0 amide bonds. The highest BCUT2D eigenvalue weighted by atomic mass is 16.6. The van der Waals surface area contributed by atoms with E-state index in [4.69, 9.17) is 9.47 Å². The molecule has 0 N–H and O–H groups in total. The first-order chi connectivity index (χ1) is 7.20. The Bertz CT molecular complexity index is 239. The lowest BCUT2D eigenvalue weighted by Crippen LogP contribution is -2.25. The Morgan fingerprint density at radius 1 is 1.47 bits per heavy atom. The third-order valence-electron chi connectivity index (χ3n) is 3.54. The maximum Gasteiger partial charge on any atom is 0.309 e. The standard InChI is InChI=1S/C12H20O3/c1-3-8(2)7-14-12(13)9-4-5-10-11(6-9)15-10/h8-11H,3-7H2,1-2H3. The number of esters is 1. The van der Waals surface area contributed by atoms with Gasteiger partial charge in [0.2, 0.25) is 0 Å². The summed E-state index contributed by atoms with van der Waals surface area (Å²) < 4.78 is 10.7. The molecule has 0 bridgehead atoms. The van der Waals surface area contributed by atoms with Crippen molar-refractivity contribution in [1.29, 1.82) is 0 Å². The number of hydrogen-bond acceptors (Lipinski definition) is 3. The number of carbonyl (C=O) groups excluding carboxylic acids is 1. The molecule has 3 heteroatoms. The van der Waals surface area contributed by atoms with Gasteiger partial charge in [-0.15, -0.1) is 0 Å². The Hall–Kier alpha value is -0.570. The Labute approximate surface area is 91.1 Å². The van der Waals surface area contributed by atoms with Crippen molar-refractivity contribution in [3.8, 4) is 0 Å². The highest BCUT2D eigenvalue weighted by molar-refractivity contribution is 5.72. The minimum atomic E-state index is -0.00995. The van der Waals surface area contributed by atoms with Gasteiger partial charge in [0.05, 0.1) is 24.7 Å². The quantitative estimate of drug-likeness (QED) is 0.529. The third-order valence-corrected chi connectivity index (χ3v) is 3.54. The molecule has 3 nitrogen and oxygen atoms in total. The molecule has 1 saturated heterocycles. The first-order valence-corrected chi connectivity index (χ1v) is 6.02. The predicted octanol–water partition coefficient (Wildman–Crippen LogP) is 2.14. The minimum absolute atomic E-state index is 0.00995. The van der Waals surface area contributed by atoms with Crippen LogP contribution in [0.5, 0.6) is 0 Å². The van der Waals surface area contributed by atoms with Crippen LogP contribution < -0.4 is 0 Å². The molecule has 1 saturated carbocycles. The van der Waals surface area contributed by atoms with Crippen LogP contribution in [0.25, 0.3) is 0 Å². The van der Waals surface area contributed by atoms with Gasteiger partial charge >= 0.3 is 5.97 Å². The van der Waals surface area contributed by atoms with Crippen LogP contribution in [0.1, 0.15) is 39.5 Å². The van der Waals surface area contributed by atoms with Gasteiger partial charge < -0.3 is 9.47 Å². The van der Waals surface area contributed by atoms with Crippen LogP contribution in [-0.2, 0) is 14.3 Å². The van der Waals surface area contributed by atoms with E-state index in [1.54, 1.807) is 0 Å². The predicted molar refractivity (Wildman–Crippen MR) is 56.4 cm³/mol. The lowest BCUT2D eigenvalue weighted by Gasteiger charge is -2.18. The van der Waals surface area contributed by atoms with Crippen molar-refractivity contribution in [3.05, 3.63) is 0 Å². The Balaban J connectivity index is 1.70. The SMILES string of the molecule is CCC(C)COC(=O)C1CCC2OC2C1. The molecule has 4 unspecified atom stereocenters. The molecule has 86 valence electrons. The molecule has 4 atom stereocenters. The van der Waals surface area contributed by atoms with E-state index in [9.17, 15) is 4.79 Å². The largest absolute Gasteiger partial charge is 0.465 e. The molecule has 0 aromatic carbocycles. The average Bonchev–Trinajstić information content (AvgIpc) is 3.02. The van der Waals surface area contributed by atoms with Crippen LogP contribution in [0, 0.1) is 11.8 Å². The van der Waals surface area contributed by atoms with Crippen molar-refractivity contribution in [2.24, 2.45) is 11.8 Å². The van der Waals surface area contributed by atoms with Crippen molar-refractivity contribution in [1.82, 2.24) is 0 Å². The summed E-state index contributed by atoms with van der Waals surface area (Å²) in [5, 5.41) is 0. The molecule has 15 heavy (non-hydrogen) atoms. The number of epoxide rings is 1. The normalized spacial score (nSPS) is 35.5. The molecule has 0 radical (unpaired) electrons. The highest BCUT2D eigenvalue weighted by Crippen LogP contribution is 2.39. The lowest BCUT2D eigenvalue weighted by molar-refractivity contribution is -0.150. The summed E-state index contributed by atoms with van der Waals surface area (Å²) in [7, 11) is 0. The van der Waals surface area contributed by atoms with Crippen molar-refractivity contribution in [2.75, 3.05) is 6.61 Å². The first-order valence-electron chi connectivity index (χ1n) is 6.02. The number of rotatable bonds is 4. The van der Waals surface area contributed by atoms with Crippen LogP contribution in [0.4, 0.5) is 0 Å². The number of ether oxygens (including phenoxy) is 2. The number of carbonyl (C=O) groups is 1. The van der Waals surface area contributed by atoms with Gasteiger partial charge in [-0.05, 0) is 25.2 Å². The van der Waals surface area contributed by atoms with Crippen LogP contribution >= 0.6 is 0 Å². The van der Waals surface area contributed by atoms with E-state index >= 15 is 0 Å². The minimum Gasteiger partial charge on any atom is -0.465 e. The topological polar surface area (TPSA) is 38.8 Å². The molecule has 0 aromatic heterocycles. The second-order valence-electron chi connectivity index (χ2n) is 4.87. The van der Waals surface area contributed by atoms with E-state index in [-0.39, 0.29) is 11.9 Å². The van der Waals surface area contributed by atoms with Gasteiger partial charge in [0.1, 0.15) is 0 Å². The van der Waals surface area contributed by atoms with Crippen molar-refractivity contribution in [2.45, 2.75) is 51.7 Å². The zero-order chi connectivity index (χ0) is 10.8. The summed E-state index contributed by atoms with van der Waals surface area (Å²) in [5.74, 6) is 0.560. The Morgan fingerprint density at radius 3 is 2.93 bits per heavy atom. The van der Waals surface area contributed by atoms with E-state index in [2.05, 4.69) is 13.8 Å². The van der Waals surface area contributed by atoms with Crippen molar-refractivity contribution in [3.63, 3.8) is 0 Å². The average molecular weight is 212 g/mol. The fourth-order valence-corrected chi connectivity index (χ4v) is 2.08. The van der Waals surface area contributed by atoms with Gasteiger partial charge in [0.15, 0.2) is 0 Å². The lowest BCUT2D eigenvalue weighted by atomic mass is 9.89. The Morgan fingerprint density at radius 2 is 2.27 bits per heavy atom. The monoisotopic (exact) mass is 212 g/mol.